The Hall–Kier alpha value is -2.55. The Bertz CT molecular complexity index is 1040. The van der Waals surface area contributed by atoms with Crippen LogP contribution < -0.4 is 9.54 Å². The maximum atomic E-state index is 12.4. The number of hydrogen-bond donors (Lipinski definition) is 0. The zero-order valence-corrected chi connectivity index (χ0v) is 18.2. The Kier molecular flexibility index (Phi) is 7.11. The molecule has 164 valence electrons. The Morgan fingerprint density at radius 1 is 1.03 bits per heavy atom. The molecule has 3 aromatic rings. The van der Waals surface area contributed by atoms with Crippen molar-refractivity contribution in [3.63, 3.8) is 0 Å². The van der Waals surface area contributed by atoms with Crippen LogP contribution in [0.2, 0.25) is 0 Å². The quantitative estimate of drug-likeness (QED) is 0.530. The molecule has 0 unspecified atom stereocenters. The van der Waals surface area contributed by atoms with E-state index >= 15 is 0 Å². The van der Waals surface area contributed by atoms with Gasteiger partial charge in [-0.05, 0) is 36.8 Å². The molecular weight excluding hydrogens is 420 g/mol. The van der Waals surface area contributed by atoms with Crippen LogP contribution in [-0.4, -0.2) is 48.9 Å². The standard InChI is InChI=1S/C23H25F2N3O2S/c1-17-2-4-18(5-3-17)21-16-31-23(28(21)11-10-27-12-14-29-15-13-27)26-19-6-8-20(9-7-19)30-22(24)25/h2-9,16,22H,10-15H2,1H3. The van der Waals surface area contributed by atoms with Crippen LogP contribution in [0.5, 0.6) is 5.75 Å². The predicted molar refractivity (Wildman–Crippen MR) is 118 cm³/mol. The third kappa shape index (κ3) is 5.78. The van der Waals surface area contributed by atoms with Crippen LogP contribution in [0, 0.1) is 6.92 Å². The number of hydrogen-bond acceptors (Lipinski definition) is 5. The van der Waals surface area contributed by atoms with Crippen LogP contribution in [0.1, 0.15) is 5.56 Å². The summed E-state index contributed by atoms with van der Waals surface area (Å²) in [5.41, 5.74) is 4.18. The van der Waals surface area contributed by atoms with Crippen molar-refractivity contribution in [2.45, 2.75) is 20.1 Å². The molecule has 0 amide bonds. The minimum absolute atomic E-state index is 0.126. The number of nitrogens with zero attached hydrogens (tertiary/aromatic N) is 3. The van der Waals surface area contributed by atoms with Gasteiger partial charge in [-0.25, -0.2) is 4.99 Å². The fourth-order valence-electron chi connectivity index (χ4n) is 3.47. The number of rotatable bonds is 7. The molecule has 0 saturated carbocycles. The molecule has 0 spiro atoms. The van der Waals surface area contributed by atoms with Gasteiger partial charge in [0.25, 0.3) is 0 Å². The van der Waals surface area contributed by atoms with Gasteiger partial charge in [0.2, 0.25) is 0 Å². The van der Waals surface area contributed by atoms with Gasteiger partial charge >= 0.3 is 6.61 Å². The number of ether oxygens (including phenoxy) is 2. The van der Waals surface area contributed by atoms with Crippen molar-refractivity contribution >= 4 is 17.0 Å². The van der Waals surface area contributed by atoms with E-state index in [0.717, 1.165) is 55.5 Å². The van der Waals surface area contributed by atoms with Gasteiger partial charge in [-0.2, -0.15) is 8.78 Å². The van der Waals surface area contributed by atoms with Crippen molar-refractivity contribution in [1.82, 2.24) is 9.47 Å². The highest BCUT2D eigenvalue weighted by Gasteiger charge is 2.13. The number of thiazole rings is 1. The largest absolute Gasteiger partial charge is 0.435 e. The lowest BCUT2D eigenvalue weighted by Gasteiger charge is -2.26. The zero-order valence-electron chi connectivity index (χ0n) is 17.3. The molecule has 0 N–H and O–H groups in total. The van der Waals surface area contributed by atoms with E-state index in [1.54, 1.807) is 23.5 Å². The molecule has 4 rings (SSSR count). The van der Waals surface area contributed by atoms with E-state index in [0.29, 0.717) is 5.69 Å². The van der Waals surface area contributed by atoms with E-state index < -0.39 is 6.61 Å². The molecule has 2 heterocycles. The van der Waals surface area contributed by atoms with Crippen LogP contribution in [0.3, 0.4) is 0 Å². The molecule has 31 heavy (non-hydrogen) atoms. The van der Waals surface area contributed by atoms with Gasteiger partial charge in [-0.1, -0.05) is 29.8 Å². The average Bonchev–Trinajstić information content (AvgIpc) is 3.17. The lowest BCUT2D eigenvalue weighted by molar-refractivity contribution is -0.0498. The highest BCUT2D eigenvalue weighted by molar-refractivity contribution is 7.07. The van der Waals surface area contributed by atoms with E-state index in [4.69, 9.17) is 9.73 Å². The molecule has 0 radical (unpaired) electrons. The minimum atomic E-state index is -2.83. The highest BCUT2D eigenvalue weighted by atomic mass is 32.1. The Balaban J connectivity index is 1.64. The number of halogens is 2. The van der Waals surface area contributed by atoms with Crippen molar-refractivity contribution in [3.05, 3.63) is 64.3 Å². The summed E-state index contributed by atoms with van der Waals surface area (Å²) in [6.07, 6.45) is 0. The summed E-state index contributed by atoms with van der Waals surface area (Å²) in [6, 6.07) is 14.9. The van der Waals surface area contributed by atoms with Crippen LogP contribution in [-0.2, 0) is 11.3 Å². The monoisotopic (exact) mass is 445 g/mol. The van der Waals surface area contributed by atoms with E-state index in [-0.39, 0.29) is 5.75 Å². The van der Waals surface area contributed by atoms with Gasteiger partial charge in [0.1, 0.15) is 5.75 Å². The number of aromatic nitrogens is 1. The van der Waals surface area contributed by atoms with Crippen molar-refractivity contribution < 1.29 is 18.3 Å². The van der Waals surface area contributed by atoms with Crippen LogP contribution in [0.4, 0.5) is 14.5 Å². The van der Waals surface area contributed by atoms with Gasteiger partial charge in [0.15, 0.2) is 4.80 Å². The first-order valence-electron chi connectivity index (χ1n) is 10.2. The lowest BCUT2D eigenvalue weighted by Crippen LogP contribution is -2.39. The topological polar surface area (TPSA) is 39.0 Å². The number of alkyl halides is 2. The average molecular weight is 446 g/mol. The van der Waals surface area contributed by atoms with Crippen LogP contribution in [0.25, 0.3) is 11.3 Å². The molecule has 0 bridgehead atoms. The van der Waals surface area contributed by atoms with Crippen molar-refractivity contribution in [2.75, 3.05) is 32.8 Å². The predicted octanol–water partition coefficient (Wildman–Crippen LogP) is 4.69. The molecule has 1 saturated heterocycles. The van der Waals surface area contributed by atoms with Gasteiger partial charge in [0, 0.05) is 31.6 Å². The second kappa shape index (κ2) is 10.2. The van der Waals surface area contributed by atoms with Gasteiger partial charge < -0.3 is 14.0 Å². The summed E-state index contributed by atoms with van der Waals surface area (Å²) < 4.78 is 36.9. The summed E-state index contributed by atoms with van der Waals surface area (Å²) in [5.74, 6) is 0.126. The summed E-state index contributed by atoms with van der Waals surface area (Å²) in [7, 11) is 0. The first kappa shape index (κ1) is 21.7. The molecule has 0 atom stereocenters. The third-order valence-corrected chi connectivity index (χ3v) is 6.04. The Morgan fingerprint density at radius 3 is 2.42 bits per heavy atom. The summed E-state index contributed by atoms with van der Waals surface area (Å²) in [6.45, 7) is 4.36. The van der Waals surface area contributed by atoms with E-state index in [9.17, 15) is 8.78 Å². The molecule has 1 aliphatic rings. The second-order valence-electron chi connectivity index (χ2n) is 7.36. The molecule has 1 aromatic heterocycles. The lowest BCUT2D eigenvalue weighted by atomic mass is 10.1. The molecule has 1 fully saturated rings. The number of benzene rings is 2. The van der Waals surface area contributed by atoms with Gasteiger partial charge in [-0.3, -0.25) is 4.90 Å². The smallest absolute Gasteiger partial charge is 0.387 e. The minimum Gasteiger partial charge on any atom is -0.435 e. The van der Waals surface area contributed by atoms with E-state index in [2.05, 4.69) is 50.8 Å². The fraction of sp³-hybridized carbons (Fsp3) is 0.348. The maximum absolute atomic E-state index is 12.4. The van der Waals surface area contributed by atoms with Gasteiger partial charge in [0.05, 0.1) is 24.6 Å². The van der Waals surface area contributed by atoms with Gasteiger partial charge in [-0.15, -0.1) is 11.3 Å². The maximum Gasteiger partial charge on any atom is 0.387 e. The van der Waals surface area contributed by atoms with Crippen molar-refractivity contribution in [2.24, 2.45) is 4.99 Å². The summed E-state index contributed by atoms with van der Waals surface area (Å²) >= 11 is 1.57. The molecule has 8 heteroatoms. The highest BCUT2D eigenvalue weighted by Crippen LogP contribution is 2.23. The molecule has 2 aromatic carbocycles. The Labute approximate surface area is 184 Å². The molecular formula is C23H25F2N3O2S. The van der Waals surface area contributed by atoms with Crippen LogP contribution in [0.15, 0.2) is 58.9 Å². The SMILES string of the molecule is Cc1ccc(-c2csc(=Nc3ccc(OC(F)F)cc3)n2CCN2CCOCC2)cc1. The number of morpholine rings is 1. The van der Waals surface area contributed by atoms with Crippen molar-refractivity contribution in [1.29, 1.82) is 0 Å². The number of aryl methyl sites for hydroxylation is 1. The van der Waals surface area contributed by atoms with E-state index in [1.165, 1.54) is 17.7 Å². The third-order valence-electron chi connectivity index (χ3n) is 5.18. The van der Waals surface area contributed by atoms with Crippen molar-refractivity contribution in [3.8, 4) is 17.0 Å². The van der Waals surface area contributed by atoms with E-state index in [1.807, 2.05) is 0 Å². The molecule has 0 aliphatic carbocycles. The molecule has 5 nitrogen and oxygen atoms in total. The van der Waals surface area contributed by atoms with Crippen LogP contribution >= 0.6 is 11.3 Å². The normalized spacial score (nSPS) is 15.5. The second-order valence-corrected chi connectivity index (χ2v) is 8.20. The first-order chi connectivity index (χ1) is 15.1. The summed E-state index contributed by atoms with van der Waals surface area (Å²) in [5, 5.41) is 2.12. The summed E-state index contributed by atoms with van der Waals surface area (Å²) in [4.78, 5) is 8.05. The fourth-order valence-corrected chi connectivity index (χ4v) is 4.42. The first-order valence-corrected chi connectivity index (χ1v) is 11.1. The molecule has 1 aliphatic heterocycles. The Morgan fingerprint density at radius 2 is 1.74 bits per heavy atom. The zero-order chi connectivity index (χ0) is 21.6.